The maximum absolute atomic E-state index is 6.04. The zero-order valence-electron chi connectivity index (χ0n) is 14.3. The number of likely N-dealkylation sites (N-methyl/N-ethyl adjacent to an activating group) is 1. The van der Waals surface area contributed by atoms with E-state index in [1.54, 1.807) is 0 Å². The van der Waals surface area contributed by atoms with Gasteiger partial charge in [0.25, 0.3) is 0 Å². The fraction of sp³-hybridized carbons (Fsp3) is 0.765. The van der Waals surface area contributed by atoms with E-state index in [0.29, 0.717) is 12.1 Å². The van der Waals surface area contributed by atoms with Crippen LogP contribution in [0.15, 0.2) is 10.5 Å². The van der Waals surface area contributed by atoms with Crippen LogP contribution in [0.2, 0.25) is 0 Å². The monoisotopic (exact) mass is 293 g/mol. The third-order valence-electron chi connectivity index (χ3n) is 4.38. The maximum atomic E-state index is 6.04. The van der Waals surface area contributed by atoms with Crippen molar-refractivity contribution in [2.24, 2.45) is 0 Å². The maximum Gasteiger partial charge on any atom is 0.120 e. The van der Waals surface area contributed by atoms with Crippen molar-refractivity contribution >= 4 is 0 Å². The number of rotatable bonds is 6. The summed E-state index contributed by atoms with van der Waals surface area (Å²) in [6, 6.07) is 3.33. The van der Waals surface area contributed by atoms with Crippen LogP contribution in [0.25, 0.3) is 0 Å². The van der Waals surface area contributed by atoms with Crippen LogP contribution in [0.5, 0.6) is 0 Å². The number of hydrogen-bond donors (Lipinski definition) is 1. The second-order valence-corrected chi connectivity index (χ2v) is 6.57. The summed E-state index contributed by atoms with van der Waals surface area (Å²) in [4.78, 5) is 5.05. The molecule has 1 saturated heterocycles. The Morgan fingerprint density at radius 1 is 1.38 bits per heavy atom. The van der Waals surface area contributed by atoms with Crippen LogP contribution in [0.3, 0.4) is 0 Å². The van der Waals surface area contributed by atoms with Crippen molar-refractivity contribution in [1.29, 1.82) is 0 Å². The van der Waals surface area contributed by atoms with Gasteiger partial charge in [0.05, 0.1) is 13.1 Å². The first kappa shape index (κ1) is 16.5. The first-order chi connectivity index (χ1) is 9.99. The second-order valence-electron chi connectivity index (χ2n) is 6.57. The molecule has 1 aliphatic heterocycles. The van der Waals surface area contributed by atoms with Gasteiger partial charge in [0.15, 0.2) is 0 Å². The third kappa shape index (κ3) is 4.56. The summed E-state index contributed by atoms with van der Waals surface area (Å²) in [7, 11) is 0. The Morgan fingerprint density at radius 2 is 2.14 bits per heavy atom. The number of hydrogen-bond acceptors (Lipinski definition) is 4. The molecule has 1 N–H and O–H groups in total. The largest absolute Gasteiger partial charge is 0.463 e. The van der Waals surface area contributed by atoms with Crippen LogP contribution >= 0.6 is 0 Å². The molecule has 1 fully saturated rings. The van der Waals surface area contributed by atoms with Crippen LogP contribution in [0.1, 0.15) is 44.8 Å². The van der Waals surface area contributed by atoms with Crippen LogP contribution in [-0.2, 0) is 13.1 Å². The highest BCUT2D eigenvalue weighted by Crippen LogP contribution is 2.18. The van der Waals surface area contributed by atoms with Crippen LogP contribution in [0, 0.1) is 6.92 Å². The van der Waals surface area contributed by atoms with Gasteiger partial charge in [-0.05, 0) is 32.0 Å². The molecule has 4 heteroatoms. The molecule has 1 aliphatic rings. The van der Waals surface area contributed by atoms with Gasteiger partial charge >= 0.3 is 0 Å². The highest BCUT2D eigenvalue weighted by molar-refractivity contribution is 5.20. The molecule has 0 aromatic carbocycles. The number of piperazine rings is 1. The first-order valence-electron chi connectivity index (χ1n) is 8.27. The summed E-state index contributed by atoms with van der Waals surface area (Å²) in [6.45, 7) is 17.4. The van der Waals surface area contributed by atoms with Crippen LogP contribution < -0.4 is 5.32 Å². The lowest BCUT2D eigenvalue weighted by Gasteiger charge is -2.38. The molecule has 1 atom stereocenters. The molecule has 120 valence electrons. The molecule has 2 heterocycles. The summed E-state index contributed by atoms with van der Waals surface area (Å²) >= 11 is 0. The second kappa shape index (κ2) is 7.43. The van der Waals surface area contributed by atoms with Gasteiger partial charge in [0.1, 0.15) is 11.5 Å². The van der Waals surface area contributed by atoms with E-state index in [1.165, 1.54) is 12.1 Å². The van der Waals surface area contributed by atoms with Crippen LogP contribution in [-0.4, -0.2) is 48.1 Å². The van der Waals surface area contributed by atoms with Crippen molar-refractivity contribution in [2.75, 3.05) is 26.2 Å². The summed E-state index contributed by atoms with van der Waals surface area (Å²) in [5.41, 5.74) is 1.26. The fourth-order valence-electron chi connectivity index (χ4n) is 3.04. The molecule has 1 aromatic heterocycles. The van der Waals surface area contributed by atoms with E-state index >= 15 is 0 Å². The highest BCUT2D eigenvalue weighted by atomic mass is 16.3. The molecule has 0 saturated carbocycles. The molecular formula is C17H31N3O. The Balaban J connectivity index is 1.90. The quantitative estimate of drug-likeness (QED) is 0.874. The lowest BCUT2D eigenvalue weighted by atomic mass is 10.2. The Hall–Kier alpha value is -0.840. The van der Waals surface area contributed by atoms with E-state index in [0.717, 1.165) is 44.2 Å². The average Bonchev–Trinajstić information content (AvgIpc) is 2.76. The predicted molar refractivity (Wildman–Crippen MR) is 87.4 cm³/mol. The van der Waals surface area contributed by atoms with Crippen LogP contribution in [0.4, 0.5) is 0 Å². The standard InChI is InChI=1S/C17H31N3O/c1-6-20-8-7-19(11-15(20)5)12-16-9-14(4)17(21-16)10-18-13(2)3/h9,13,15,18H,6-8,10-12H2,1-5H3. The Bertz CT molecular complexity index is 441. The first-order valence-corrected chi connectivity index (χ1v) is 8.27. The van der Waals surface area contributed by atoms with Gasteiger partial charge in [0.2, 0.25) is 0 Å². The van der Waals surface area contributed by atoms with Crippen molar-refractivity contribution in [3.8, 4) is 0 Å². The van der Waals surface area contributed by atoms with Gasteiger partial charge in [0, 0.05) is 31.7 Å². The molecule has 2 rings (SSSR count). The lowest BCUT2D eigenvalue weighted by molar-refractivity contribution is 0.0786. The van der Waals surface area contributed by atoms with Crippen molar-refractivity contribution in [1.82, 2.24) is 15.1 Å². The highest BCUT2D eigenvalue weighted by Gasteiger charge is 2.23. The predicted octanol–water partition coefficient (Wildman–Crippen LogP) is 2.61. The zero-order valence-corrected chi connectivity index (χ0v) is 14.3. The van der Waals surface area contributed by atoms with E-state index in [9.17, 15) is 0 Å². The van der Waals surface area contributed by atoms with Gasteiger partial charge in [-0.2, -0.15) is 0 Å². The molecular weight excluding hydrogens is 262 g/mol. The Labute approximate surface area is 129 Å². The topological polar surface area (TPSA) is 31.6 Å². The molecule has 0 bridgehead atoms. The number of nitrogens with zero attached hydrogens (tertiary/aromatic N) is 2. The summed E-state index contributed by atoms with van der Waals surface area (Å²) in [5.74, 6) is 2.18. The number of nitrogens with one attached hydrogen (secondary N) is 1. The van der Waals surface area contributed by atoms with Gasteiger partial charge in [-0.25, -0.2) is 0 Å². The molecule has 0 amide bonds. The van der Waals surface area contributed by atoms with E-state index in [1.807, 2.05) is 0 Å². The minimum atomic E-state index is 0.487. The third-order valence-corrected chi connectivity index (χ3v) is 4.38. The summed E-state index contributed by atoms with van der Waals surface area (Å²) in [6.07, 6.45) is 0. The fourth-order valence-corrected chi connectivity index (χ4v) is 3.04. The Morgan fingerprint density at radius 3 is 2.76 bits per heavy atom. The van der Waals surface area contributed by atoms with Crippen molar-refractivity contribution in [3.63, 3.8) is 0 Å². The normalized spacial score (nSPS) is 21.3. The van der Waals surface area contributed by atoms with E-state index in [4.69, 9.17) is 4.42 Å². The van der Waals surface area contributed by atoms with Gasteiger partial charge in [-0.3, -0.25) is 9.80 Å². The van der Waals surface area contributed by atoms with Crippen molar-refractivity contribution in [3.05, 3.63) is 23.2 Å². The molecule has 0 spiro atoms. The molecule has 1 unspecified atom stereocenters. The van der Waals surface area contributed by atoms with E-state index in [-0.39, 0.29) is 0 Å². The van der Waals surface area contributed by atoms with Crippen molar-refractivity contribution < 1.29 is 4.42 Å². The van der Waals surface area contributed by atoms with Gasteiger partial charge in [-0.1, -0.05) is 20.8 Å². The number of furan rings is 1. The summed E-state index contributed by atoms with van der Waals surface area (Å²) in [5, 5.41) is 3.43. The van der Waals surface area contributed by atoms with E-state index in [2.05, 4.69) is 55.8 Å². The smallest absolute Gasteiger partial charge is 0.120 e. The molecule has 0 aliphatic carbocycles. The van der Waals surface area contributed by atoms with Crippen molar-refractivity contribution in [2.45, 2.75) is 59.8 Å². The van der Waals surface area contributed by atoms with E-state index < -0.39 is 0 Å². The SMILES string of the molecule is CCN1CCN(Cc2cc(C)c(CNC(C)C)o2)CC1C. The minimum absolute atomic E-state index is 0.487. The summed E-state index contributed by atoms with van der Waals surface area (Å²) < 4.78 is 6.04. The Kier molecular flexibility index (Phi) is 5.85. The molecule has 4 nitrogen and oxygen atoms in total. The molecule has 0 radical (unpaired) electrons. The number of aryl methyl sites for hydroxylation is 1. The average molecular weight is 293 g/mol. The zero-order chi connectivity index (χ0) is 15.4. The molecule has 1 aromatic rings. The molecule has 21 heavy (non-hydrogen) atoms. The van der Waals surface area contributed by atoms with Gasteiger partial charge in [-0.15, -0.1) is 0 Å². The minimum Gasteiger partial charge on any atom is -0.463 e. The lowest BCUT2D eigenvalue weighted by Crippen LogP contribution is -2.51. The van der Waals surface area contributed by atoms with Gasteiger partial charge < -0.3 is 9.73 Å².